The van der Waals surface area contributed by atoms with Crippen LogP contribution >= 0.6 is 11.3 Å². The van der Waals surface area contributed by atoms with Crippen molar-refractivity contribution in [1.29, 1.82) is 0 Å². The van der Waals surface area contributed by atoms with Gasteiger partial charge in [0, 0.05) is 24.5 Å². The minimum absolute atomic E-state index is 0.540. The van der Waals surface area contributed by atoms with Crippen LogP contribution in [0.1, 0.15) is 12.6 Å². The standard InChI is InChI=1S/C17H19N5OS/c1-4-18-17-20-11(2)15(24-17)14-8-9-19-16(22-14)21-12-6-5-7-13(10-12)23-3/h5-10H,4H2,1-3H3,(H,18,20)(H,19,21,22). The van der Waals surface area contributed by atoms with E-state index in [9.17, 15) is 0 Å². The second kappa shape index (κ2) is 7.27. The zero-order valence-electron chi connectivity index (χ0n) is 13.8. The van der Waals surface area contributed by atoms with Crippen molar-refractivity contribution in [2.75, 3.05) is 24.3 Å². The molecule has 0 amide bonds. The molecule has 0 saturated heterocycles. The predicted molar refractivity (Wildman–Crippen MR) is 98.3 cm³/mol. The van der Waals surface area contributed by atoms with Gasteiger partial charge in [0.15, 0.2) is 5.13 Å². The van der Waals surface area contributed by atoms with Crippen LogP contribution in [0.2, 0.25) is 0 Å². The molecule has 0 fully saturated rings. The average Bonchev–Trinajstić information content (AvgIpc) is 2.96. The Bertz CT molecular complexity index is 833. The lowest BCUT2D eigenvalue weighted by Gasteiger charge is -2.07. The highest BCUT2D eigenvalue weighted by atomic mass is 32.1. The third-order valence-corrected chi connectivity index (χ3v) is 4.48. The Morgan fingerprint density at radius 3 is 2.88 bits per heavy atom. The maximum atomic E-state index is 5.23. The third kappa shape index (κ3) is 3.62. The van der Waals surface area contributed by atoms with Gasteiger partial charge in [0.05, 0.1) is 23.4 Å². The number of anilines is 3. The van der Waals surface area contributed by atoms with Crippen LogP contribution in [0.4, 0.5) is 16.8 Å². The molecule has 0 bridgehead atoms. The van der Waals surface area contributed by atoms with E-state index < -0.39 is 0 Å². The zero-order valence-corrected chi connectivity index (χ0v) is 14.6. The highest BCUT2D eigenvalue weighted by Gasteiger charge is 2.11. The molecule has 2 N–H and O–H groups in total. The van der Waals surface area contributed by atoms with Gasteiger partial charge in [0.1, 0.15) is 5.75 Å². The number of aryl methyl sites for hydroxylation is 1. The monoisotopic (exact) mass is 341 g/mol. The molecule has 0 saturated carbocycles. The van der Waals surface area contributed by atoms with Crippen LogP contribution in [0.25, 0.3) is 10.6 Å². The summed E-state index contributed by atoms with van der Waals surface area (Å²) in [5.74, 6) is 1.32. The Hall–Kier alpha value is -2.67. The van der Waals surface area contributed by atoms with E-state index in [1.54, 1.807) is 24.6 Å². The number of hydrogen-bond acceptors (Lipinski definition) is 7. The van der Waals surface area contributed by atoms with Gasteiger partial charge in [0.2, 0.25) is 5.95 Å². The van der Waals surface area contributed by atoms with Crippen LogP contribution in [0.3, 0.4) is 0 Å². The largest absolute Gasteiger partial charge is 0.497 e. The van der Waals surface area contributed by atoms with Gasteiger partial charge < -0.3 is 15.4 Å². The van der Waals surface area contributed by atoms with Crippen molar-refractivity contribution >= 4 is 28.1 Å². The Kier molecular flexibility index (Phi) is 4.90. The van der Waals surface area contributed by atoms with Crippen LogP contribution in [0, 0.1) is 6.92 Å². The number of ether oxygens (including phenoxy) is 1. The lowest BCUT2D eigenvalue weighted by atomic mass is 10.3. The summed E-state index contributed by atoms with van der Waals surface area (Å²) < 4.78 is 5.23. The molecule has 3 rings (SSSR count). The van der Waals surface area contributed by atoms with Crippen LogP contribution < -0.4 is 15.4 Å². The van der Waals surface area contributed by atoms with Gasteiger partial charge >= 0.3 is 0 Å². The van der Waals surface area contributed by atoms with E-state index in [0.29, 0.717) is 5.95 Å². The fourth-order valence-electron chi connectivity index (χ4n) is 2.24. The molecule has 2 heterocycles. The first-order valence-corrected chi connectivity index (χ1v) is 8.47. The van der Waals surface area contributed by atoms with Crippen molar-refractivity contribution in [1.82, 2.24) is 15.0 Å². The van der Waals surface area contributed by atoms with Crippen molar-refractivity contribution in [3.8, 4) is 16.3 Å². The molecule has 0 unspecified atom stereocenters. The second-order valence-corrected chi connectivity index (χ2v) is 6.09. The zero-order chi connectivity index (χ0) is 16.9. The molecule has 7 heteroatoms. The van der Waals surface area contributed by atoms with Crippen molar-refractivity contribution in [3.05, 3.63) is 42.2 Å². The first-order valence-electron chi connectivity index (χ1n) is 7.65. The van der Waals surface area contributed by atoms with Crippen molar-refractivity contribution in [3.63, 3.8) is 0 Å². The smallest absolute Gasteiger partial charge is 0.227 e. The Labute approximate surface area is 145 Å². The second-order valence-electron chi connectivity index (χ2n) is 5.09. The van der Waals surface area contributed by atoms with E-state index in [2.05, 4.69) is 32.5 Å². The van der Waals surface area contributed by atoms with E-state index in [-0.39, 0.29) is 0 Å². The molecule has 0 aliphatic heterocycles. The summed E-state index contributed by atoms with van der Waals surface area (Å²) in [6.45, 7) is 4.89. The molecule has 0 aliphatic rings. The molecule has 0 atom stereocenters. The summed E-state index contributed by atoms with van der Waals surface area (Å²) in [6, 6.07) is 9.55. The first-order chi connectivity index (χ1) is 11.7. The van der Waals surface area contributed by atoms with Crippen molar-refractivity contribution in [2.24, 2.45) is 0 Å². The van der Waals surface area contributed by atoms with Crippen LogP contribution in [-0.2, 0) is 0 Å². The maximum absolute atomic E-state index is 5.23. The molecule has 0 spiro atoms. The molecular formula is C17H19N5OS. The highest BCUT2D eigenvalue weighted by Crippen LogP contribution is 2.32. The SMILES string of the molecule is CCNc1nc(C)c(-c2ccnc(Nc3cccc(OC)c3)n2)s1. The van der Waals surface area contributed by atoms with Crippen molar-refractivity contribution < 1.29 is 4.74 Å². The van der Waals surface area contributed by atoms with Gasteiger partial charge in [0.25, 0.3) is 0 Å². The maximum Gasteiger partial charge on any atom is 0.227 e. The van der Waals surface area contributed by atoms with Crippen LogP contribution in [0.5, 0.6) is 5.75 Å². The molecule has 24 heavy (non-hydrogen) atoms. The number of methoxy groups -OCH3 is 1. The lowest BCUT2D eigenvalue weighted by Crippen LogP contribution is -1.98. The molecule has 0 radical (unpaired) electrons. The Morgan fingerprint density at radius 2 is 2.08 bits per heavy atom. The first kappa shape index (κ1) is 16.2. The number of nitrogens with one attached hydrogen (secondary N) is 2. The highest BCUT2D eigenvalue weighted by molar-refractivity contribution is 7.19. The Morgan fingerprint density at radius 1 is 1.21 bits per heavy atom. The normalized spacial score (nSPS) is 10.5. The molecule has 1 aromatic carbocycles. The molecular weight excluding hydrogens is 322 g/mol. The van der Waals surface area contributed by atoms with Gasteiger partial charge in [-0.3, -0.25) is 0 Å². The number of nitrogens with zero attached hydrogens (tertiary/aromatic N) is 3. The molecule has 124 valence electrons. The number of rotatable bonds is 6. The fraction of sp³-hybridized carbons (Fsp3) is 0.235. The molecule has 2 aromatic heterocycles. The minimum atomic E-state index is 0.540. The van der Waals surface area contributed by atoms with Gasteiger partial charge in [-0.1, -0.05) is 17.4 Å². The van der Waals surface area contributed by atoms with Gasteiger partial charge in [-0.2, -0.15) is 0 Å². The fourth-order valence-corrected chi connectivity index (χ4v) is 3.24. The summed E-state index contributed by atoms with van der Waals surface area (Å²) in [5, 5.41) is 7.35. The van der Waals surface area contributed by atoms with E-state index >= 15 is 0 Å². The quantitative estimate of drug-likeness (QED) is 0.703. The summed E-state index contributed by atoms with van der Waals surface area (Å²) in [6.07, 6.45) is 1.75. The van der Waals surface area contributed by atoms with Crippen LogP contribution in [0.15, 0.2) is 36.5 Å². The van der Waals surface area contributed by atoms with E-state index in [4.69, 9.17) is 4.74 Å². The van der Waals surface area contributed by atoms with Crippen molar-refractivity contribution in [2.45, 2.75) is 13.8 Å². The average molecular weight is 341 g/mol. The van der Waals surface area contributed by atoms with Gasteiger partial charge in [-0.25, -0.2) is 15.0 Å². The van der Waals surface area contributed by atoms with E-state index in [1.165, 1.54) is 0 Å². The lowest BCUT2D eigenvalue weighted by molar-refractivity contribution is 0.415. The number of thiazole rings is 1. The predicted octanol–water partition coefficient (Wildman–Crippen LogP) is 4.09. The summed E-state index contributed by atoms with van der Waals surface area (Å²) in [4.78, 5) is 14.5. The number of hydrogen-bond donors (Lipinski definition) is 2. The summed E-state index contributed by atoms with van der Waals surface area (Å²) >= 11 is 1.60. The number of benzene rings is 1. The van der Waals surface area contributed by atoms with Gasteiger partial charge in [-0.05, 0) is 32.0 Å². The topological polar surface area (TPSA) is 72.0 Å². The third-order valence-electron chi connectivity index (χ3n) is 3.34. The van der Waals surface area contributed by atoms with E-state index in [0.717, 1.165) is 39.4 Å². The Balaban J connectivity index is 1.86. The summed E-state index contributed by atoms with van der Waals surface area (Å²) in [7, 11) is 1.64. The van der Waals surface area contributed by atoms with Gasteiger partial charge in [-0.15, -0.1) is 0 Å². The minimum Gasteiger partial charge on any atom is -0.497 e. The molecule has 3 aromatic rings. The summed E-state index contributed by atoms with van der Waals surface area (Å²) in [5.41, 5.74) is 2.69. The van der Waals surface area contributed by atoms with Crippen LogP contribution in [-0.4, -0.2) is 28.6 Å². The number of aromatic nitrogens is 3. The molecule has 6 nitrogen and oxygen atoms in total. The van der Waals surface area contributed by atoms with E-state index in [1.807, 2.05) is 37.3 Å². The molecule has 0 aliphatic carbocycles.